The van der Waals surface area contributed by atoms with Gasteiger partial charge in [-0.2, -0.15) is 0 Å². The van der Waals surface area contributed by atoms with Crippen LogP contribution in [0.4, 0.5) is 0 Å². The Morgan fingerprint density at radius 2 is 1.76 bits per heavy atom. The highest BCUT2D eigenvalue weighted by Gasteiger charge is 2.08. The van der Waals surface area contributed by atoms with Gasteiger partial charge in [0, 0.05) is 45.5 Å². The predicted octanol–water partition coefficient (Wildman–Crippen LogP) is 1.36. The molecule has 0 bridgehead atoms. The summed E-state index contributed by atoms with van der Waals surface area (Å²) in [5.74, 6) is 0. The molecule has 0 heterocycles. The summed E-state index contributed by atoms with van der Waals surface area (Å²) >= 11 is 0. The Balaban J connectivity index is 3.26. The minimum absolute atomic E-state index is 0.206. The number of rotatable bonds is 10. The standard InChI is InChI=1S/C13H30N2O2/c1-13(2,3)14-7-8-15(4)9-12-17-11-6-10-16-5/h14H,6-12H2,1-5H3. The molecule has 4 heteroatoms. The van der Waals surface area contributed by atoms with Crippen LogP contribution in [0.2, 0.25) is 0 Å². The molecular weight excluding hydrogens is 216 g/mol. The van der Waals surface area contributed by atoms with Crippen LogP contribution in [0.25, 0.3) is 0 Å². The zero-order valence-corrected chi connectivity index (χ0v) is 12.2. The number of hydrogen-bond acceptors (Lipinski definition) is 4. The Labute approximate surface area is 107 Å². The van der Waals surface area contributed by atoms with Crippen molar-refractivity contribution in [3.8, 4) is 0 Å². The van der Waals surface area contributed by atoms with Crippen LogP contribution in [0.1, 0.15) is 27.2 Å². The molecule has 0 fully saturated rings. The molecule has 0 aliphatic rings. The largest absolute Gasteiger partial charge is 0.385 e. The molecule has 0 unspecified atom stereocenters. The zero-order valence-electron chi connectivity index (χ0n) is 12.2. The highest BCUT2D eigenvalue weighted by Crippen LogP contribution is 1.97. The topological polar surface area (TPSA) is 33.7 Å². The number of ether oxygens (including phenoxy) is 2. The van der Waals surface area contributed by atoms with Crippen molar-refractivity contribution in [2.24, 2.45) is 0 Å². The predicted molar refractivity (Wildman–Crippen MR) is 72.6 cm³/mol. The van der Waals surface area contributed by atoms with Crippen molar-refractivity contribution >= 4 is 0 Å². The Morgan fingerprint density at radius 1 is 1.06 bits per heavy atom. The van der Waals surface area contributed by atoms with E-state index >= 15 is 0 Å². The van der Waals surface area contributed by atoms with Gasteiger partial charge in [0.25, 0.3) is 0 Å². The molecule has 17 heavy (non-hydrogen) atoms. The van der Waals surface area contributed by atoms with Crippen molar-refractivity contribution in [1.29, 1.82) is 0 Å². The van der Waals surface area contributed by atoms with Crippen LogP contribution in [0.5, 0.6) is 0 Å². The first-order chi connectivity index (χ1) is 7.95. The van der Waals surface area contributed by atoms with Crippen molar-refractivity contribution < 1.29 is 9.47 Å². The maximum absolute atomic E-state index is 5.51. The highest BCUT2D eigenvalue weighted by molar-refractivity contribution is 4.70. The lowest BCUT2D eigenvalue weighted by Gasteiger charge is -2.23. The molecule has 0 saturated carbocycles. The number of likely N-dealkylation sites (N-methyl/N-ethyl adjacent to an activating group) is 1. The molecule has 0 amide bonds. The van der Waals surface area contributed by atoms with Gasteiger partial charge in [-0.25, -0.2) is 0 Å². The first-order valence-electron chi connectivity index (χ1n) is 6.46. The van der Waals surface area contributed by atoms with E-state index in [1.54, 1.807) is 7.11 Å². The molecule has 0 atom stereocenters. The highest BCUT2D eigenvalue weighted by atomic mass is 16.5. The van der Waals surface area contributed by atoms with Crippen LogP contribution < -0.4 is 5.32 Å². The van der Waals surface area contributed by atoms with Crippen LogP contribution in [0.15, 0.2) is 0 Å². The zero-order chi connectivity index (χ0) is 13.1. The minimum Gasteiger partial charge on any atom is -0.385 e. The minimum atomic E-state index is 0.206. The molecule has 0 aromatic carbocycles. The molecule has 1 N–H and O–H groups in total. The summed E-state index contributed by atoms with van der Waals surface area (Å²) in [6.45, 7) is 12.0. The fourth-order valence-electron chi connectivity index (χ4n) is 1.36. The van der Waals surface area contributed by atoms with E-state index in [0.29, 0.717) is 0 Å². The van der Waals surface area contributed by atoms with Crippen LogP contribution in [0.3, 0.4) is 0 Å². The van der Waals surface area contributed by atoms with E-state index < -0.39 is 0 Å². The van der Waals surface area contributed by atoms with E-state index in [-0.39, 0.29) is 5.54 Å². The van der Waals surface area contributed by atoms with Gasteiger partial charge in [-0.05, 0) is 34.2 Å². The first kappa shape index (κ1) is 16.8. The smallest absolute Gasteiger partial charge is 0.0593 e. The summed E-state index contributed by atoms with van der Waals surface area (Å²) in [5.41, 5.74) is 0.206. The monoisotopic (exact) mass is 246 g/mol. The van der Waals surface area contributed by atoms with Gasteiger partial charge in [0.15, 0.2) is 0 Å². The lowest BCUT2D eigenvalue weighted by molar-refractivity contribution is 0.0886. The molecule has 104 valence electrons. The molecule has 0 saturated heterocycles. The van der Waals surface area contributed by atoms with Crippen LogP contribution in [-0.4, -0.2) is 64.1 Å². The summed E-state index contributed by atoms with van der Waals surface area (Å²) in [7, 11) is 3.85. The second-order valence-corrected chi connectivity index (χ2v) is 5.44. The molecule has 0 aromatic heterocycles. The third kappa shape index (κ3) is 13.8. The number of nitrogens with zero attached hydrogens (tertiary/aromatic N) is 1. The Bertz CT molecular complexity index is 169. The number of nitrogens with one attached hydrogen (secondary N) is 1. The average Bonchev–Trinajstić information content (AvgIpc) is 2.21. The number of hydrogen-bond donors (Lipinski definition) is 1. The molecule has 0 radical (unpaired) electrons. The van der Waals surface area contributed by atoms with Crippen LogP contribution in [0, 0.1) is 0 Å². The summed E-state index contributed by atoms with van der Waals surface area (Å²) in [5, 5.41) is 3.47. The molecule has 0 aliphatic heterocycles. The van der Waals surface area contributed by atoms with Gasteiger partial charge in [-0.3, -0.25) is 0 Å². The van der Waals surface area contributed by atoms with Crippen molar-refractivity contribution in [3.63, 3.8) is 0 Å². The van der Waals surface area contributed by atoms with Crippen molar-refractivity contribution in [2.75, 3.05) is 53.6 Å². The Hall–Kier alpha value is -0.160. The maximum atomic E-state index is 5.51. The van der Waals surface area contributed by atoms with Gasteiger partial charge < -0.3 is 19.7 Å². The van der Waals surface area contributed by atoms with Gasteiger partial charge in [-0.1, -0.05) is 0 Å². The van der Waals surface area contributed by atoms with Gasteiger partial charge in [-0.15, -0.1) is 0 Å². The SMILES string of the molecule is COCCCOCCN(C)CCNC(C)(C)C. The fourth-order valence-corrected chi connectivity index (χ4v) is 1.36. The molecule has 0 aliphatic carbocycles. The second-order valence-electron chi connectivity index (χ2n) is 5.44. The lowest BCUT2D eigenvalue weighted by Crippen LogP contribution is -2.41. The lowest BCUT2D eigenvalue weighted by atomic mass is 10.1. The number of methoxy groups -OCH3 is 1. The first-order valence-corrected chi connectivity index (χ1v) is 6.46. The van der Waals surface area contributed by atoms with E-state index in [2.05, 4.69) is 38.0 Å². The van der Waals surface area contributed by atoms with E-state index in [0.717, 1.165) is 45.9 Å². The van der Waals surface area contributed by atoms with E-state index in [1.807, 2.05) is 0 Å². The molecule has 4 nitrogen and oxygen atoms in total. The normalized spacial score (nSPS) is 12.4. The van der Waals surface area contributed by atoms with Gasteiger partial charge in [0.2, 0.25) is 0 Å². The molecule has 0 spiro atoms. The van der Waals surface area contributed by atoms with Crippen molar-refractivity contribution in [3.05, 3.63) is 0 Å². The fraction of sp³-hybridized carbons (Fsp3) is 1.00. The van der Waals surface area contributed by atoms with Crippen molar-refractivity contribution in [2.45, 2.75) is 32.7 Å². The summed E-state index contributed by atoms with van der Waals surface area (Å²) in [6.07, 6.45) is 0.978. The summed E-state index contributed by atoms with van der Waals surface area (Å²) < 4.78 is 10.5. The molecular formula is C13H30N2O2. The Morgan fingerprint density at radius 3 is 2.35 bits per heavy atom. The van der Waals surface area contributed by atoms with E-state index in [9.17, 15) is 0 Å². The second kappa shape index (κ2) is 9.83. The van der Waals surface area contributed by atoms with E-state index in [4.69, 9.17) is 9.47 Å². The van der Waals surface area contributed by atoms with Gasteiger partial charge in [0.05, 0.1) is 6.61 Å². The summed E-state index contributed by atoms with van der Waals surface area (Å²) in [4.78, 5) is 2.29. The third-order valence-corrected chi connectivity index (χ3v) is 2.40. The Kier molecular flexibility index (Phi) is 9.74. The van der Waals surface area contributed by atoms with Crippen LogP contribution >= 0.6 is 0 Å². The molecule has 0 aromatic rings. The van der Waals surface area contributed by atoms with Gasteiger partial charge >= 0.3 is 0 Å². The van der Waals surface area contributed by atoms with Gasteiger partial charge in [0.1, 0.15) is 0 Å². The molecule has 0 rings (SSSR count). The van der Waals surface area contributed by atoms with Crippen LogP contribution in [-0.2, 0) is 9.47 Å². The van der Waals surface area contributed by atoms with E-state index in [1.165, 1.54) is 0 Å². The van der Waals surface area contributed by atoms with Crippen molar-refractivity contribution in [1.82, 2.24) is 10.2 Å². The average molecular weight is 246 g/mol. The summed E-state index contributed by atoms with van der Waals surface area (Å²) in [6, 6.07) is 0. The quantitative estimate of drug-likeness (QED) is 0.590. The third-order valence-electron chi connectivity index (χ3n) is 2.40. The maximum Gasteiger partial charge on any atom is 0.0593 e.